The van der Waals surface area contributed by atoms with Crippen molar-refractivity contribution < 1.29 is 12.8 Å². The number of primary sulfonamides is 1. The standard InChI is InChI=1S/C8H6ClNO3S/c9-6-1-2-7-5(3-6)4-8(13-7)14(10,11)12/h1-4H,(H2,10,11,12). The van der Waals surface area contributed by atoms with Crippen LogP contribution in [0.25, 0.3) is 11.0 Å². The minimum Gasteiger partial charge on any atom is -0.443 e. The molecule has 74 valence electrons. The molecule has 2 N–H and O–H groups in total. The van der Waals surface area contributed by atoms with Gasteiger partial charge in [0.1, 0.15) is 5.58 Å². The van der Waals surface area contributed by atoms with E-state index in [0.29, 0.717) is 16.0 Å². The first-order valence-electron chi connectivity index (χ1n) is 3.69. The average Bonchev–Trinajstić information content (AvgIpc) is 2.45. The van der Waals surface area contributed by atoms with Crippen LogP contribution in [0, 0.1) is 0 Å². The summed E-state index contributed by atoms with van der Waals surface area (Å²) in [5, 5.41) is 5.78. The number of halogens is 1. The topological polar surface area (TPSA) is 73.3 Å². The van der Waals surface area contributed by atoms with Crippen LogP contribution in [0.2, 0.25) is 5.02 Å². The molecule has 0 saturated carbocycles. The molecule has 1 aromatic carbocycles. The highest BCUT2D eigenvalue weighted by atomic mass is 35.5. The maximum atomic E-state index is 10.9. The molecule has 0 bridgehead atoms. The first-order valence-corrected chi connectivity index (χ1v) is 5.61. The number of fused-ring (bicyclic) bond motifs is 1. The van der Waals surface area contributed by atoms with E-state index in [4.69, 9.17) is 21.2 Å². The molecule has 0 radical (unpaired) electrons. The lowest BCUT2D eigenvalue weighted by molar-refractivity contribution is 0.482. The summed E-state index contributed by atoms with van der Waals surface area (Å²) in [5.74, 6) is 0. The molecule has 0 aliphatic carbocycles. The fourth-order valence-electron chi connectivity index (χ4n) is 1.13. The molecule has 0 aliphatic heterocycles. The molecule has 14 heavy (non-hydrogen) atoms. The Morgan fingerprint density at radius 3 is 2.64 bits per heavy atom. The second-order valence-electron chi connectivity index (χ2n) is 2.79. The number of hydrogen-bond donors (Lipinski definition) is 1. The van der Waals surface area contributed by atoms with Crippen LogP contribution in [0.5, 0.6) is 0 Å². The fraction of sp³-hybridized carbons (Fsp3) is 0. The summed E-state index contributed by atoms with van der Waals surface area (Å²) in [6, 6.07) is 6.15. The van der Waals surface area contributed by atoms with Crippen LogP contribution in [-0.4, -0.2) is 8.42 Å². The van der Waals surface area contributed by atoms with E-state index in [-0.39, 0.29) is 5.09 Å². The van der Waals surface area contributed by atoms with Gasteiger partial charge in [-0.25, -0.2) is 13.6 Å². The van der Waals surface area contributed by atoms with Crippen molar-refractivity contribution in [2.45, 2.75) is 5.09 Å². The van der Waals surface area contributed by atoms with Gasteiger partial charge in [0.25, 0.3) is 10.0 Å². The van der Waals surface area contributed by atoms with Gasteiger partial charge in [-0.15, -0.1) is 0 Å². The lowest BCUT2D eigenvalue weighted by atomic mass is 10.3. The summed E-state index contributed by atoms with van der Waals surface area (Å²) < 4.78 is 26.9. The van der Waals surface area contributed by atoms with Gasteiger partial charge >= 0.3 is 0 Å². The highest BCUT2D eigenvalue weighted by molar-refractivity contribution is 7.89. The van der Waals surface area contributed by atoms with E-state index in [9.17, 15) is 8.42 Å². The Bertz CT molecular complexity index is 588. The van der Waals surface area contributed by atoms with Crippen molar-refractivity contribution in [3.05, 3.63) is 29.3 Å². The third-order valence-electron chi connectivity index (χ3n) is 1.74. The van der Waals surface area contributed by atoms with Gasteiger partial charge in [-0.3, -0.25) is 0 Å². The zero-order valence-electron chi connectivity index (χ0n) is 6.90. The maximum absolute atomic E-state index is 10.9. The van der Waals surface area contributed by atoms with Gasteiger partial charge in [0.15, 0.2) is 0 Å². The number of nitrogens with two attached hydrogens (primary N) is 1. The van der Waals surface area contributed by atoms with E-state index in [1.165, 1.54) is 6.07 Å². The SMILES string of the molecule is NS(=O)(=O)c1cc2cc(Cl)ccc2o1. The summed E-state index contributed by atoms with van der Waals surface area (Å²) in [6.45, 7) is 0. The summed E-state index contributed by atoms with van der Waals surface area (Å²) >= 11 is 5.72. The maximum Gasteiger partial charge on any atom is 0.271 e. The summed E-state index contributed by atoms with van der Waals surface area (Å²) in [6.07, 6.45) is 0. The molecule has 0 fully saturated rings. The lowest BCUT2D eigenvalue weighted by Crippen LogP contribution is -2.10. The lowest BCUT2D eigenvalue weighted by Gasteiger charge is -1.88. The third-order valence-corrected chi connectivity index (χ3v) is 2.73. The van der Waals surface area contributed by atoms with Crippen LogP contribution in [0.4, 0.5) is 0 Å². The molecule has 0 atom stereocenters. The van der Waals surface area contributed by atoms with Gasteiger partial charge in [-0.05, 0) is 18.2 Å². The summed E-state index contributed by atoms with van der Waals surface area (Å²) in [5.41, 5.74) is 0.443. The largest absolute Gasteiger partial charge is 0.443 e. The van der Waals surface area contributed by atoms with Crippen LogP contribution in [0.15, 0.2) is 33.8 Å². The van der Waals surface area contributed by atoms with Crippen molar-refractivity contribution >= 4 is 32.6 Å². The molecular formula is C8H6ClNO3S. The zero-order chi connectivity index (χ0) is 10.3. The molecule has 1 aromatic heterocycles. The quantitative estimate of drug-likeness (QED) is 0.812. The predicted molar refractivity (Wildman–Crippen MR) is 52.6 cm³/mol. The van der Waals surface area contributed by atoms with Crippen molar-refractivity contribution in [1.82, 2.24) is 0 Å². The molecule has 6 heteroatoms. The number of furan rings is 1. The Balaban J connectivity index is 2.75. The molecule has 0 saturated heterocycles. The van der Waals surface area contributed by atoms with E-state index in [1.54, 1.807) is 18.2 Å². The van der Waals surface area contributed by atoms with Crippen LogP contribution in [-0.2, 0) is 10.0 Å². The Labute approximate surface area is 85.3 Å². The number of benzene rings is 1. The van der Waals surface area contributed by atoms with Gasteiger partial charge < -0.3 is 4.42 Å². The monoisotopic (exact) mass is 231 g/mol. The van der Waals surface area contributed by atoms with Gasteiger partial charge in [0.05, 0.1) is 0 Å². The smallest absolute Gasteiger partial charge is 0.271 e. The van der Waals surface area contributed by atoms with Crippen molar-refractivity contribution in [1.29, 1.82) is 0 Å². The molecule has 0 aliphatic rings. The molecule has 2 rings (SSSR count). The summed E-state index contributed by atoms with van der Waals surface area (Å²) in [4.78, 5) is 0. The van der Waals surface area contributed by atoms with Gasteiger partial charge in [-0.2, -0.15) is 0 Å². The minimum absolute atomic E-state index is 0.255. The van der Waals surface area contributed by atoms with Gasteiger partial charge in [-0.1, -0.05) is 11.6 Å². The number of rotatable bonds is 1. The molecule has 0 amide bonds. The Hall–Kier alpha value is -1.04. The zero-order valence-corrected chi connectivity index (χ0v) is 8.47. The molecule has 0 unspecified atom stereocenters. The molecule has 4 nitrogen and oxygen atoms in total. The van der Waals surface area contributed by atoms with E-state index < -0.39 is 10.0 Å². The Morgan fingerprint density at radius 2 is 2.00 bits per heavy atom. The second-order valence-corrected chi connectivity index (χ2v) is 4.72. The Morgan fingerprint density at radius 1 is 1.29 bits per heavy atom. The average molecular weight is 232 g/mol. The second kappa shape index (κ2) is 2.98. The highest BCUT2D eigenvalue weighted by Gasteiger charge is 2.14. The van der Waals surface area contributed by atoms with E-state index in [0.717, 1.165) is 0 Å². The first kappa shape index (κ1) is 9.51. The van der Waals surface area contributed by atoms with Crippen LogP contribution >= 0.6 is 11.6 Å². The first-order chi connectivity index (χ1) is 6.47. The van der Waals surface area contributed by atoms with E-state index in [1.807, 2.05) is 0 Å². The normalized spacial score (nSPS) is 12.1. The fourth-order valence-corrected chi connectivity index (χ4v) is 1.81. The summed E-state index contributed by atoms with van der Waals surface area (Å²) in [7, 11) is -3.79. The van der Waals surface area contributed by atoms with Crippen molar-refractivity contribution in [2.75, 3.05) is 0 Å². The van der Waals surface area contributed by atoms with Crippen molar-refractivity contribution in [2.24, 2.45) is 5.14 Å². The van der Waals surface area contributed by atoms with Crippen LogP contribution in [0.3, 0.4) is 0 Å². The molecular weight excluding hydrogens is 226 g/mol. The third kappa shape index (κ3) is 1.61. The van der Waals surface area contributed by atoms with E-state index in [2.05, 4.69) is 0 Å². The molecule has 1 heterocycles. The number of sulfonamides is 1. The van der Waals surface area contributed by atoms with Crippen LogP contribution < -0.4 is 5.14 Å². The van der Waals surface area contributed by atoms with Crippen LogP contribution in [0.1, 0.15) is 0 Å². The number of hydrogen-bond acceptors (Lipinski definition) is 3. The van der Waals surface area contributed by atoms with Gasteiger partial charge in [0.2, 0.25) is 5.09 Å². The minimum atomic E-state index is -3.79. The van der Waals surface area contributed by atoms with Crippen molar-refractivity contribution in [3.63, 3.8) is 0 Å². The van der Waals surface area contributed by atoms with E-state index >= 15 is 0 Å². The molecule has 0 spiro atoms. The van der Waals surface area contributed by atoms with Crippen molar-refractivity contribution in [3.8, 4) is 0 Å². The highest BCUT2D eigenvalue weighted by Crippen LogP contribution is 2.24. The Kier molecular flexibility index (Phi) is 2.02. The molecule has 2 aromatic rings. The van der Waals surface area contributed by atoms with Gasteiger partial charge in [0, 0.05) is 16.5 Å². The predicted octanol–water partition coefficient (Wildman–Crippen LogP) is 1.73.